The van der Waals surface area contributed by atoms with Crippen molar-refractivity contribution in [2.24, 2.45) is 0 Å². The minimum atomic E-state index is -1.06. The Morgan fingerprint density at radius 3 is 2.24 bits per heavy atom. The van der Waals surface area contributed by atoms with Gasteiger partial charge in [0.1, 0.15) is 5.60 Å². The summed E-state index contributed by atoms with van der Waals surface area (Å²) in [5.74, 6) is 0.00419. The van der Waals surface area contributed by atoms with Gasteiger partial charge in [-0.3, -0.25) is 4.79 Å². The lowest BCUT2D eigenvalue weighted by Gasteiger charge is -2.28. The highest BCUT2D eigenvalue weighted by Crippen LogP contribution is 2.30. The smallest absolute Gasteiger partial charge is 0.164 e. The fourth-order valence-corrected chi connectivity index (χ4v) is 2.34. The summed E-state index contributed by atoms with van der Waals surface area (Å²) in [5.41, 5.74) is -1.34. The summed E-state index contributed by atoms with van der Waals surface area (Å²) in [7, 11) is 1.66. The number of Topliss-reactive ketones (excluding diaryl/α,β-unsaturated/α-hetero) is 1. The molecule has 3 nitrogen and oxygen atoms in total. The Morgan fingerprint density at radius 2 is 1.76 bits per heavy atom. The maximum atomic E-state index is 12.1. The lowest BCUT2D eigenvalue weighted by atomic mass is 9.86. The molecule has 0 bridgehead atoms. The van der Waals surface area contributed by atoms with Crippen LogP contribution in [0.3, 0.4) is 0 Å². The Labute approximate surface area is 105 Å². The molecule has 0 radical (unpaired) electrons. The molecular formula is C14H26O3. The number of ether oxygens (including phenoxy) is 1. The molecule has 0 saturated heterocycles. The molecule has 1 saturated carbocycles. The first-order chi connectivity index (χ1) is 7.90. The minimum absolute atomic E-state index is 0.00419. The quantitative estimate of drug-likeness (QED) is 0.754. The molecule has 0 unspecified atom stereocenters. The number of carbonyl (C=O) groups is 1. The van der Waals surface area contributed by atoms with Crippen LogP contribution in [0.1, 0.15) is 65.2 Å². The van der Waals surface area contributed by atoms with E-state index in [2.05, 4.69) is 0 Å². The maximum Gasteiger partial charge on any atom is 0.164 e. The highest BCUT2D eigenvalue weighted by molar-refractivity contribution is 5.87. The van der Waals surface area contributed by atoms with E-state index in [1.54, 1.807) is 7.11 Å². The highest BCUT2D eigenvalue weighted by atomic mass is 16.5. The Morgan fingerprint density at radius 1 is 1.24 bits per heavy atom. The number of hydrogen-bond acceptors (Lipinski definition) is 3. The molecule has 0 amide bonds. The summed E-state index contributed by atoms with van der Waals surface area (Å²) in [4.78, 5) is 12.1. The normalized spacial score (nSPS) is 20.9. The van der Waals surface area contributed by atoms with Gasteiger partial charge in [0.2, 0.25) is 0 Å². The average molecular weight is 242 g/mol. The van der Waals surface area contributed by atoms with Gasteiger partial charge in [-0.1, -0.05) is 25.7 Å². The summed E-state index contributed by atoms with van der Waals surface area (Å²) in [6, 6.07) is 0. The summed E-state index contributed by atoms with van der Waals surface area (Å²) in [6.07, 6.45) is 6.57. The second kappa shape index (κ2) is 5.96. The number of carbonyl (C=O) groups excluding carboxylic acids is 1. The van der Waals surface area contributed by atoms with Crippen LogP contribution in [-0.2, 0) is 9.53 Å². The molecule has 0 aromatic rings. The molecule has 1 aliphatic carbocycles. The monoisotopic (exact) mass is 242 g/mol. The molecule has 1 N–H and O–H groups in total. The zero-order valence-corrected chi connectivity index (χ0v) is 11.4. The van der Waals surface area contributed by atoms with Gasteiger partial charge in [-0.15, -0.1) is 0 Å². The van der Waals surface area contributed by atoms with E-state index < -0.39 is 5.60 Å². The average Bonchev–Trinajstić information content (AvgIpc) is 2.52. The lowest BCUT2D eigenvalue weighted by molar-refractivity contribution is -0.140. The van der Waals surface area contributed by atoms with Crippen LogP contribution in [-0.4, -0.2) is 29.2 Å². The van der Waals surface area contributed by atoms with Crippen LogP contribution in [0.4, 0.5) is 0 Å². The third-order valence-corrected chi connectivity index (χ3v) is 3.96. The first-order valence-electron chi connectivity index (χ1n) is 6.70. The van der Waals surface area contributed by atoms with Crippen LogP contribution in [0.2, 0.25) is 0 Å². The number of hydrogen-bond donors (Lipinski definition) is 1. The fraction of sp³-hybridized carbons (Fsp3) is 0.929. The topological polar surface area (TPSA) is 46.5 Å². The van der Waals surface area contributed by atoms with Crippen molar-refractivity contribution in [2.45, 2.75) is 76.4 Å². The van der Waals surface area contributed by atoms with Crippen LogP contribution in [0, 0.1) is 0 Å². The fourth-order valence-electron chi connectivity index (χ4n) is 2.34. The highest BCUT2D eigenvalue weighted by Gasteiger charge is 2.36. The molecule has 0 atom stereocenters. The van der Waals surface area contributed by atoms with Crippen LogP contribution in [0.25, 0.3) is 0 Å². The Bertz CT molecular complexity index is 250. The maximum absolute atomic E-state index is 12.1. The Hall–Kier alpha value is -0.410. The number of methoxy groups -OCH3 is 1. The molecule has 0 aliphatic heterocycles. The minimum Gasteiger partial charge on any atom is -0.382 e. The third kappa shape index (κ3) is 4.40. The van der Waals surface area contributed by atoms with Crippen LogP contribution in [0.15, 0.2) is 0 Å². The zero-order valence-electron chi connectivity index (χ0n) is 11.4. The van der Waals surface area contributed by atoms with Crippen molar-refractivity contribution in [1.82, 2.24) is 0 Å². The van der Waals surface area contributed by atoms with Crippen LogP contribution >= 0.6 is 0 Å². The zero-order chi connectivity index (χ0) is 12.9. The van der Waals surface area contributed by atoms with E-state index in [1.165, 1.54) is 0 Å². The number of ketones is 1. The van der Waals surface area contributed by atoms with Gasteiger partial charge in [0.05, 0.1) is 5.60 Å². The molecule has 100 valence electrons. The molecule has 3 heteroatoms. The number of aliphatic hydroxyl groups is 1. The largest absolute Gasteiger partial charge is 0.382 e. The van der Waals surface area contributed by atoms with Crippen LogP contribution in [0.5, 0.6) is 0 Å². The third-order valence-electron chi connectivity index (χ3n) is 3.96. The Balaban J connectivity index is 2.50. The second-order valence-corrected chi connectivity index (χ2v) is 5.83. The van der Waals surface area contributed by atoms with E-state index in [9.17, 15) is 9.90 Å². The van der Waals surface area contributed by atoms with Gasteiger partial charge >= 0.3 is 0 Å². The van der Waals surface area contributed by atoms with E-state index >= 15 is 0 Å². The van der Waals surface area contributed by atoms with Crippen molar-refractivity contribution in [2.75, 3.05) is 7.11 Å². The molecular weight excluding hydrogens is 216 g/mol. The van der Waals surface area contributed by atoms with Crippen molar-refractivity contribution < 1.29 is 14.6 Å². The molecule has 1 aliphatic rings. The van der Waals surface area contributed by atoms with E-state index in [0.29, 0.717) is 25.7 Å². The standard InChI is InChI=1S/C14H26O3/c1-13(2,17-3)11-8-12(15)14(16)9-6-4-5-7-10-14/h16H,4-11H2,1-3H3. The lowest BCUT2D eigenvalue weighted by Crippen LogP contribution is -2.39. The van der Waals surface area contributed by atoms with Gasteiger partial charge in [-0.2, -0.15) is 0 Å². The summed E-state index contributed by atoms with van der Waals surface area (Å²) < 4.78 is 5.30. The predicted molar refractivity (Wildman–Crippen MR) is 68.0 cm³/mol. The summed E-state index contributed by atoms with van der Waals surface area (Å²) >= 11 is 0. The van der Waals surface area contributed by atoms with Gasteiger partial charge in [0.15, 0.2) is 5.78 Å². The molecule has 0 spiro atoms. The van der Waals surface area contributed by atoms with Gasteiger partial charge in [0.25, 0.3) is 0 Å². The van der Waals surface area contributed by atoms with Gasteiger partial charge in [-0.05, 0) is 33.1 Å². The van der Waals surface area contributed by atoms with E-state index in [1.807, 2.05) is 13.8 Å². The molecule has 0 aromatic heterocycles. The molecule has 17 heavy (non-hydrogen) atoms. The first-order valence-corrected chi connectivity index (χ1v) is 6.70. The molecule has 0 aromatic carbocycles. The van der Waals surface area contributed by atoms with Gasteiger partial charge < -0.3 is 9.84 Å². The van der Waals surface area contributed by atoms with Crippen molar-refractivity contribution >= 4 is 5.78 Å². The predicted octanol–water partition coefficient (Wildman–Crippen LogP) is 2.85. The molecule has 1 rings (SSSR count). The van der Waals surface area contributed by atoms with Crippen molar-refractivity contribution in [1.29, 1.82) is 0 Å². The van der Waals surface area contributed by atoms with E-state index in [4.69, 9.17) is 4.74 Å². The van der Waals surface area contributed by atoms with Crippen LogP contribution < -0.4 is 0 Å². The summed E-state index contributed by atoms with van der Waals surface area (Å²) in [5, 5.41) is 10.4. The van der Waals surface area contributed by atoms with E-state index in [0.717, 1.165) is 25.7 Å². The SMILES string of the molecule is COC(C)(C)CCC(=O)C1(O)CCCCCC1. The van der Waals surface area contributed by atoms with E-state index in [-0.39, 0.29) is 11.4 Å². The first kappa shape index (κ1) is 14.7. The van der Waals surface area contributed by atoms with Gasteiger partial charge in [-0.25, -0.2) is 0 Å². The molecule has 1 fully saturated rings. The molecule has 0 heterocycles. The second-order valence-electron chi connectivity index (χ2n) is 5.83. The summed E-state index contributed by atoms with van der Waals surface area (Å²) in [6.45, 7) is 3.94. The van der Waals surface area contributed by atoms with Gasteiger partial charge in [0, 0.05) is 13.5 Å². The van der Waals surface area contributed by atoms with Crippen molar-refractivity contribution in [3.8, 4) is 0 Å². The Kier molecular flexibility index (Phi) is 5.14. The number of rotatable bonds is 5. The van der Waals surface area contributed by atoms with Crippen molar-refractivity contribution in [3.63, 3.8) is 0 Å². The van der Waals surface area contributed by atoms with Crippen molar-refractivity contribution in [3.05, 3.63) is 0 Å².